The standard InChI is InChI=1S/C15H18N4O3/c1-11-17-18-14(22-11)10-16-15(20)12-4-2-3-5-13(12)19-6-8-21-9-7-19/h2-5H,6-10H2,1H3,(H,16,20). The van der Waals surface area contributed by atoms with Crippen molar-refractivity contribution in [2.24, 2.45) is 0 Å². The highest BCUT2D eigenvalue weighted by molar-refractivity contribution is 5.99. The van der Waals surface area contributed by atoms with Gasteiger partial charge in [0.1, 0.15) is 0 Å². The fraction of sp³-hybridized carbons (Fsp3) is 0.400. The molecule has 0 unspecified atom stereocenters. The molecule has 3 rings (SSSR count). The van der Waals surface area contributed by atoms with Crippen molar-refractivity contribution >= 4 is 11.6 Å². The maximum Gasteiger partial charge on any atom is 0.253 e. The van der Waals surface area contributed by atoms with Gasteiger partial charge < -0.3 is 19.4 Å². The number of benzene rings is 1. The van der Waals surface area contributed by atoms with Gasteiger partial charge in [0.15, 0.2) is 0 Å². The highest BCUT2D eigenvalue weighted by atomic mass is 16.5. The molecule has 0 aliphatic carbocycles. The van der Waals surface area contributed by atoms with Gasteiger partial charge in [-0.15, -0.1) is 10.2 Å². The third kappa shape index (κ3) is 3.25. The number of nitrogens with zero attached hydrogens (tertiary/aromatic N) is 3. The van der Waals surface area contributed by atoms with Crippen LogP contribution in [-0.4, -0.2) is 42.4 Å². The average molecular weight is 302 g/mol. The summed E-state index contributed by atoms with van der Waals surface area (Å²) in [5.74, 6) is 0.727. The SMILES string of the molecule is Cc1nnc(CNC(=O)c2ccccc2N2CCOCC2)o1. The molecule has 22 heavy (non-hydrogen) atoms. The number of para-hydroxylation sites is 1. The van der Waals surface area contributed by atoms with Crippen molar-refractivity contribution in [3.8, 4) is 0 Å². The van der Waals surface area contributed by atoms with E-state index in [0.29, 0.717) is 30.6 Å². The number of carbonyl (C=O) groups excluding carboxylic acids is 1. The van der Waals surface area contributed by atoms with E-state index in [1.54, 1.807) is 6.92 Å². The molecule has 1 fully saturated rings. The molecule has 116 valence electrons. The highest BCUT2D eigenvalue weighted by Gasteiger charge is 2.18. The number of hydrogen-bond acceptors (Lipinski definition) is 6. The number of carbonyl (C=O) groups is 1. The van der Waals surface area contributed by atoms with Gasteiger partial charge >= 0.3 is 0 Å². The molecule has 1 aliphatic rings. The fourth-order valence-electron chi connectivity index (χ4n) is 2.41. The summed E-state index contributed by atoms with van der Waals surface area (Å²) in [4.78, 5) is 14.6. The van der Waals surface area contributed by atoms with E-state index in [1.165, 1.54) is 0 Å². The molecule has 7 nitrogen and oxygen atoms in total. The molecule has 0 spiro atoms. The van der Waals surface area contributed by atoms with Crippen molar-refractivity contribution in [3.05, 3.63) is 41.6 Å². The second kappa shape index (κ2) is 6.57. The molecule has 2 heterocycles. The Bertz CT molecular complexity index is 650. The Labute approximate surface area is 128 Å². The van der Waals surface area contributed by atoms with Crippen LogP contribution in [0.1, 0.15) is 22.1 Å². The van der Waals surface area contributed by atoms with Gasteiger partial charge in [-0.1, -0.05) is 12.1 Å². The predicted octanol–water partition coefficient (Wildman–Crippen LogP) is 1.14. The molecule has 1 N–H and O–H groups in total. The molecule has 0 atom stereocenters. The van der Waals surface area contributed by atoms with Crippen LogP contribution in [0.15, 0.2) is 28.7 Å². The van der Waals surface area contributed by atoms with Crippen LogP contribution >= 0.6 is 0 Å². The first kappa shape index (κ1) is 14.5. The van der Waals surface area contributed by atoms with Crippen molar-refractivity contribution in [1.82, 2.24) is 15.5 Å². The topological polar surface area (TPSA) is 80.5 Å². The van der Waals surface area contributed by atoms with E-state index in [4.69, 9.17) is 9.15 Å². The number of aromatic nitrogens is 2. The molecular formula is C15H18N4O3. The normalized spacial score (nSPS) is 14.9. The number of morpholine rings is 1. The fourth-order valence-corrected chi connectivity index (χ4v) is 2.41. The third-order valence-electron chi connectivity index (χ3n) is 3.47. The van der Waals surface area contributed by atoms with E-state index in [-0.39, 0.29) is 12.5 Å². The molecular weight excluding hydrogens is 284 g/mol. The summed E-state index contributed by atoms with van der Waals surface area (Å²) in [6, 6.07) is 7.56. The van der Waals surface area contributed by atoms with Crippen molar-refractivity contribution in [1.29, 1.82) is 0 Å². The molecule has 1 aromatic heterocycles. The molecule has 2 aromatic rings. The Morgan fingerprint density at radius 2 is 2.05 bits per heavy atom. The Morgan fingerprint density at radius 1 is 1.27 bits per heavy atom. The van der Waals surface area contributed by atoms with Gasteiger partial charge in [0, 0.05) is 25.7 Å². The van der Waals surface area contributed by atoms with Gasteiger partial charge in [0.05, 0.1) is 25.3 Å². The van der Waals surface area contributed by atoms with Gasteiger partial charge in [-0.3, -0.25) is 4.79 Å². The quantitative estimate of drug-likeness (QED) is 0.912. The zero-order valence-corrected chi connectivity index (χ0v) is 12.4. The van der Waals surface area contributed by atoms with E-state index >= 15 is 0 Å². The van der Waals surface area contributed by atoms with Crippen molar-refractivity contribution in [2.45, 2.75) is 13.5 Å². The summed E-state index contributed by atoms with van der Waals surface area (Å²) in [6.07, 6.45) is 0. The van der Waals surface area contributed by atoms with E-state index in [9.17, 15) is 4.79 Å². The summed E-state index contributed by atoms with van der Waals surface area (Å²) in [5.41, 5.74) is 1.56. The first-order valence-corrected chi connectivity index (χ1v) is 7.23. The number of nitrogens with one attached hydrogen (secondary N) is 1. The Morgan fingerprint density at radius 3 is 2.77 bits per heavy atom. The molecule has 1 aromatic carbocycles. The number of amides is 1. The first-order valence-electron chi connectivity index (χ1n) is 7.23. The van der Waals surface area contributed by atoms with Crippen LogP contribution in [0.2, 0.25) is 0 Å². The van der Waals surface area contributed by atoms with E-state index in [2.05, 4.69) is 20.4 Å². The molecule has 0 saturated carbocycles. The summed E-state index contributed by atoms with van der Waals surface area (Å²) < 4.78 is 10.6. The van der Waals surface area contributed by atoms with Crippen LogP contribution in [0, 0.1) is 6.92 Å². The van der Waals surface area contributed by atoms with Crippen LogP contribution < -0.4 is 10.2 Å². The van der Waals surface area contributed by atoms with Gasteiger partial charge in [-0.25, -0.2) is 0 Å². The minimum atomic E-state index is -0.155. The van der Waals surface area contributed by atoms with Gasteiger partial charge in [-0.2, -0.15) is 0 Å². The lowest BCUT2D eigenvalue weighted by Gasteiger charge is -2.30. The Hall–Kier alpha value is -2.41. The second-order valence-corrected chi connectivity index (χ2v) is 5.01. The largest absolute Gasteiger partial charge is 0.424 e. The van der Waals surface area contributed by atoms with E-state index in [1.807, 2.05) is 24.3 Å². The molecule has 1 aliphatic heterocycles. The molecule has 1 saturated heterocycles. The van der Waals surface area contributed by atoms with Crippen LogP contribution in [0.5, 0.6) is 0 Å². The lowest BCUT2D eigenvalue weighted by molar-refractivity contribution is 0.0945. The number of ether oxygens (including phenoxy) is 1. The minimum Gasteiger partial charge on any atom is -0.424 e. The van der Waals surface area contributed by atoms with Crippen molar-refractivity contribution in [3.63, 3.8) is 0 Å². The number of aryl methyl sites for hydroxylation is 1. The zero-order valence-electron chi connectivity index (χ0n) is 12.4. The summed E-state index contributed by atoms with van der Waals surface area (Å²) >= 11 is 0. The minimum absolute atomic E-state index is 0.155. The maximum atomic E-state index is 12.4. The highest BCUT2D eigenvalue weighted by Crippen LogP contribution is 2.21. The maximum absolute atomic E-state index is 12.4. The molecule has 0 bridgehead atoms. The summed E-state index contributed by atoms with van der Waals surface area (Å²) in [7, 11) is 0. The molecule has 0 radical (unpaired) electrons. The number of anilines is 1. The van der Waals surface area contributed by atoms with E-state index in [0.717, 1.165) is 18.8 Å². The van der Waals surface area contributed by atoms with Crippen LogP contribution in [0.3, 0.4) is 0 Å². The number of rotatable bonds is 4. The average Bonchev–Trinajstić information content (AvgIpc) is 2.99. The summed E-state index contributed by atoms with van der Waals surface area (Å²) in [6.45, 7) is 4.86. The lowest BCUT2D eigenvalue weighted by atomic mass is 10.1. The van der Waals surface area contributed by atoms with Gasteiger partial charge in [0.2, 0.25) is 11.8 Å². The first-order chi connectivity index (χ1) is 10.7. The Balaban J connectivity index is 1.71. The van der Waals surface area contributed by atoms with Crippen LogP contribution in [-0.2, 0) is 11.3 Å². The molecule has 1 amide bonds. The lowest BCUT2D eigenvalue weighted by Crippen LogP contribution is -2.37. The third-order valence-corrected chi connectivity index (χ3v) is 3.47. The van der Waals surface area contributed by atoms with Crippen molar-refractivity contribution < 1.29 is 13.9 Å². The second-order valence-electron chi connectivity index (χ2n) is 5.01. The monoisotopic (exact) mass is 302 g/mol. The van der Waals surface area contributed by atoms with E-state index < -0.39 is 0 Å². The van der Waals surface area contributed by atoms with Crippen LogP contribution in [0.4, 0.5) is 5.69 Å². The number of hydrogen-bond donors (Lipinski definition) is 1. The van der Waals surface area contributed by atoms with Crippen molar-refractivity contribution in [2.75, 3.05) is 31.2 Å². The summed E-state index contributed by atoms with van der Waals surface area (Å²) in [5, 5.41) is 10.4. The van der Waals surface area contributed by atoms with Gasteiger partial charge in [-0.05, 0) is 12.1 Å². The molecule has 7 heteroatoms. The van der Waals surface area contributed by atoms with Crippen LogP contribution in [0.25, 0.3) is 0 Å². The van der Waals surface area contributed by atoms with Gasteiger partial charge in [0.25, 0.3) is 5.91 Å². The smallest absolute Gasteiger partial charge is 0.253 e. The predicted molar refractivity (Wildman–Crippen MR) is 79.7 cm³/mol. The zero-order chi connectivity index (χ0) is 15.4. The Kier molecular flexibility index (Phi) is 4.34.